The van der Waals surface area contributed by atoms with E-state index in [9.17, 15) is 15.0 Å². The number of carbonyl (C=O) groups is 1. The molecule has 2 aliphatic rings. The second-order valence-electron chi connectivity index (χ2n) is 9.94. The van der Waals surface area contributed by atoms with E-state index in [2.05, 4.69) is 36.4 Å². The second-order valence-corrected chi connectivity index (χ2v) is 9.94. The summed E-state index contributed by atoms with van der Waals surface area (Å²) in [4.78, 5) is 23.1. The van der Waals surface area contributed by atoms with Crippen LogP contribution in [0.25, 0.3) is 11.3 Å². The van der Waals surface area contributed by atoms with E-state index < -0.39 is 5.41 Å². The Morgan fingerprint density at radius 1 is 1.11 bits per heavy atom. The number of ketones is 1. The molecule has 0 saturated heterocycles. The van der Waals surface area contributed by atoms with Crippen molar-refractivity contribution in [2.45, 2.75) is 51.4 Å². The molecule has 5 rings (SSSR count). The molecule has 0 bridgehead atoms. The lowest BCUT2D eigenvalue weighted by molar-refractivity contribution is -0.123. The van der Waals surface area contributed by atoms with Gasteiger partial charge in [0, 0.05) is 34.6 Å². The minimum Gasteiger partial charge on any atom is -0.515 e. The molecule has 1 fully saturated rings. The van der Waals surface area contributed by atoms with Gasteiger partial charge in [-0.3, -0.25) is 4.79 Å². The summed E-state index contributed by atoms with van der Waals surface area (Å²) in [6.45, 7) is 4.10. The molecular formula is C30H32N2O3. The van der Waals surface area contributed by atoms with E-state index in [-0.39, 0.29) is 24.2 Å². The Labute approximate surface area is 206 Å². The maximum atomic E-state index is 13.1. The van der Waals surface area contributed by atoms with E-state index in [1.165, 1.54) is 5.56 Å². The maximum absolute atomic E-state index is 13.1. The molecule has 1 heterocycles. The van der Waals surface area contributed by atoms with Crippen molar-refractivity contribution in [3.05, 3.63) is 94.6 Å². The summed E-state index contributed by atoms with van der Waals surface area (Å²) in [7, 11) is 0. The Morgan fingerprint density at radius 2 is 1.91 bits per heavy atom. The summed E-state index contributed by atoms with van der Waals surface area (Å²) >= 11 is 0. The van der Waals surface area contributed by atoms with Gasteiger partial charge in [0.15, 0.2) is 5.78 Å². The number of hydrogen-bond donors (Lipinski definition) is 2. The molecule has 0 amide bonds. The minimum atomic E-state index is -0.506. The number of carbonyl (C=O) groups excluding carboxylic acids is 1. The van der Waals surface area contributed by atoms with Gasteiger partial charge in [-0.25, -0.2) is 9.97 Å². The lowest BCUT2D eigenvalue weighted by Crippen LogP contribution is -2.51. The molecule has 3 aromatic rings. The molecule has 1 saturated carbocycles. The fourth-order valence-corrected chi connectivity index (χ4v) is 6.37. The lowest BCUT2D eigenvalue weighted by Gasteiger charge is -2.51. The van der Waals surface area contributed by atoms with Crippen molar-refractivity contribution < 1.29 is 15.0 Å². The third-order valence-corrected chi connectivity index (χ3v) is 7.95. The van der Waals surface area contributed by atoms with Crippen molar-refractivity contribution in [2.75, 3.05) is 6.61 Å². The van der Waals surface area contributed by atoms with Gasteiger partial charge in [-0.1, -0.05) is 55.5 Å². The van der Waals surface area contributed by atoms with Crippen molar-refractivity contribution in [3.8, 4) is 11.3 Å². The van der Waals surface area contributed by atoms with Crippen LogP contribution < -0.4 is 0 Å². The summed E-state index contributed by atoms with van der Waals surface area (Å²) in [5.74, 6) is 0.618. The highest BCUT2D eigenvalue weighted by atomic mass is 16.3. The van der Waals surface area contributed by atoms with Gasteiger partial charge in [0.2, 0.25) is 0 Å². The predicted octanol–water partition coefficient (Wildman–Crippen LogP) is 5.28. The zero-order chi connectivity index (χ0) is 24.6. The topological polar surface area (TPSA) is 83.3 Å². The molecule has 2 aromatic carbocycles. The van der Waals surface area contributed by atoms with Crippen LogP contribution in [0.2, 0.25) is 0 Å². The van der Waals surface area contributed by atoms with E-state index in [1.807, 2.05) is 32.0 Å². The van der Waals surface area contributed by atoms with Gasteiger partial charge in [-0.15, -0.1) is 0 Å². The van der Waals surface area contributed by atoms with Crippen molar-refractivity contribution in [3.63, 3.8) is 0 Å². The molecule has 0 spiro atoms. The monoisotopic (exact) mass is 468 g/mol. The maximum Gasteiger partial charge on any atom is 0.165 e. The van der Waals surface area contributed by atoms with Crippen LogP contribution in [0.3, 0.4) is 0 Å². The number of aliphatic hydroxyl groups excluding tert-OH is 2. The molecule has 0 radical (unpaired) electrons. The largest absolute Gasteiger partial charge is 0.515 e. The first-order valence-electron chi connectivity index (χ1n) is 12.5. The van der Waals surface area contributed by atoms with E-state index in [0.29, 0.717) is 17.8 Å². The molecule has 2 N–H and O–H groups in total. The fraction of sp³-hybridized carbons (Fsp3) is 0.367. The van der Waals surface area contributed by atoms with Crippen LogP contribution >= 0.6 is 0 Å². The highest BCUT2D eigenvalue weighted by Crippen LogP contribution is 2.56. The molecular weight excluding hydrogens is 436 g/mol. The van der Waals surface area contributed by atoms with Crippen LogP contribution in [-0.4, -0.2) is 32.6 Å². The molecule has 2 aliphatic carbocycles. The summed E-state index contributed by atoms with van der Waals surface area (Å²) in [6.07, 6.45) is 4.65. The number of allylic oxidation sites excluding steroid dienone is 1. The Hall–Kier alpha value is -3.31. The first-order chi connectivity index (χ1) is 17.0. The van der Waals surface area contributed by atoms with Gasteiger partial charge in [-0.05, 0) is 62.1 Å². The molecule has 5 heteroatoms. The van der Waals surface area contributed by atoms with Crippen molar-refractivity contribution >= 4 is 5.78 Å². The van der Waals surface area contributed by atoms with E-state index in [1.54, 1.807) is 0 Å². The Morgan fingerprint density at radius 3 is 2.66 bits per heavy atom. The summed E-state index contributed by atoms with van der Waals surface area (Å²) in [5.41, 5.74) is 6.40. The molecule has 35 heavy (non-hydrogen) atoms. The SMILES string of the molecule is Cc1nc(-c2cccc(CCCO)c2)c2c(n1)[C@@]1(c3ccccc3)CC(=CO)C(=O)[C@@H](C)[C@@H]1CC2. The Kier molecular flexibility index (Phi) is 6.28. The van der Waals surface area contributed by atoms with Crippen molar-refractivity contribution in [1.82, 2.24) is 9.97 Å². The van der Waals surface area contributed by atoms with Crippen molar-refractivity contribution in [1.29, 1.82) is 0 Å². The molecule has 0 unspecified atom stereocenters. The van der Waals surface area contributed by atoms with Crippen LogP contribution in [0.15, 0.2) is 66.4 Å². The molecule has 180 valence electrons. The van der Waals surface area contributed by atoms with Gasteiger partial charge in [-0.2, -0.15) is 0 Å². The minimum absolute atomic E-state index is 0.0371. The average Bonchev–Trinajstić information content (AvgIpc) is 2.89. The Bertz CT molecular complexity index is 1280. The number of aryl methyl sites for hydroxylation is 2. The van der Waals surface area contributed by atoms with Gasteiger partial charge in [0.1, 0.15) is 5.82 Å². The number of Topliss-reactive ketones (excluding diaryl/α,β-unsaturated/α-hetero) is 1. The third kappa shape index (κ3) is 3.88. The van der Waals surface area contributed by atoms with Gasteiger partial charge in [0.25, 0.3) is 0 Å². The second kappa shape index (κ2) is 9.38. The number of fused-ring (bicyclic) bond motifs is 3. The normalized spacial score (nSPS) is 24.8. The van der Waals surface area contributed by atoms with Crippen molar-refractivity contribution in [2.24, 2.45) is 11.8 Å². The van der Waals surface area contributed by atoms with Gasteiger partial charge in [0.05, 0.1) is 17.6 Å². The number of aromatic nitrogens is 2. The quantitative estimate of drug-likeness (QED) is 0.393. The number of benzene rings is 2. The van der Waals surface area contributed by atoms with Crippen LogP contribution in [0.1, 0.15) is 54.4 Å². The zero-order valence-electron chi connectivity index (χ0n) is 20.4. The molecule has 3 atom stereocenters. The summed E-state index contributed by atoms with van der Waals surface area (Å²) in [6, 6.07) is 18.8. The molecule has 5 nitrogen and oxygen atoms in total. The van der Waals surface area contributed by atoms with Crippen LogP contribution in [0.5, 0.6) is 0 Å². The van der Waals surface area contributed by atoms with Gasteiger partial charge >= 0.3 is 0 Å². The van der Waals surface area contributed by atoms with E-state index in [0.717, 1.165) is 60.0 Å². The van der Waals surface area contributed by atoms with Crippen LogP contribution in [0.4, 0.5) is 0 Å². The van der Waals surface area contributed by atoms with E-state index >= 15 is 0 Å². The molecule has 0 aliphatic heterocycles. The standard InChI is InChI=1S/C30H32N2O3/c1-19-26-14-13-25-27(22-10-6-8-21(16-22)9-7-15-33)31-20(2)32-29(25)30(26,17-23(18-34)28(19)35)24-11-4-3-5-12-24/h3-6,8,10-12,16,18-19,26,33-34H,7,9,13-15,17H2,1-2H3/t19-,26-,30+/m0/s1. The Balaban J connectivity index is 1.75. The third-order valence-electron chi connectivity index (χ3n) is 7.95. The van der Waals surface area contributed by atoms with E-state index in [4.69, 9.17) is 9.97 Å². The number of nitrogens with zero attached hydrogens (tertiary/aromatic N) is 2. The zero-order valence-corrected chi connectivity index (χ0v) is 20.4. The number of aliphatic hydroxyl groups is 2. The number of hydrogen-bond acceptors (Lipinski definition) is 5. The van der Waals surface area contributed by atoms with Gasteiger partial charge < -0.3 is 10.2 Å². The highest BCUT2D eigenvalue weighted by molar-refractivity contribution is 5.98. The predicted molar refractivity (Wildman–Crippen MR) is 136 cm³/mol. The molecule has 1 aromatic heterocycles. The van der Waals surface area contributed by atoms with Crippen LogP contribution in [-0.2, 0) is 23.1 Å². The number of rotatable bonds is 5. The first-order valence-corrected chi connectivity index (χ1v) is 12.5. The van der Waals surface area contributed by atoms with Crippen LogP contribution in [0, 0.1) is 18.8 Å². The lowest BCUT2D eigenvalue weighted by atomic mass is 9.52. The highest BCUT2D eigenvalue weighted by Gasteiger charge is 2.55. The summed E-state index contributed by atoms with van der Waals surface area (Å²) in [5, 5.41) is 19.3. The average molecular weight is 469 g/mol. The smallest absolute Gasteiger partial charge is 0.165 e. The fourth-order valence-electron chi connectivity index (χ4n) is 6.37. The summed E-state index contributed by atoms with van der Waals surface area (Å²) < 4.78 is 0. The first kappa shape index (κ1) is 23.4.